The summed E-state index contributed by atoms with van der Waals surface area (Å²) in [5, 5.41) is 16.7. The topological polar surface area (TPSA) is 92.9 Å². The summed E-state index contributed by atoms with van der Waals surface area (Å²) in [6.07, 6.45) is 3.40. The van der Waals surface area contributed by atoms with Crippen LogP contribution >= 0.6 is 0 Å². The van der Waals surface area contributed by atoms with Gasteiger partial charge in [0.2, 0.25) is 5.95 Å². The summed E-state index contributed by atoms with van der Waals surface area (Å²) >= 11 is 0. The Balaban J connectivity index is 1.64. The fourth-order valence-electron chi connectivity index (χ4n) is 2.94. The van der Waals surface area contributed by atoms with Crippen LogP contribution < -0.4 is 5.32 Å². The number of para-hydroxylation sites is 1. The highest BCUT2D eigenvalue weighted by Gasteiger charge is 2.11. The molecule has 7 nitrogen and oxygen atoms in total. The molecule has 0 saturated heterocycles. The predicted octanol–water partition coefficient (Wildman–Crippen LogP) is 4.08. The molecule has 0 amide bonds. The lowest BCUT2D eigenvalue weighted by Gasteiger charge is -2.10. The smallest absolute Gasteiger partial charge is 0.335 e. The third-order valence-corrected chi connectivity index (χ3v) is 4.27. The molecule has 2 aromatic carbocycles. The van der Waals surface area contributed by atoms with Crippen molar-refractivity contribution in [2.24, 2.45) is 0 Å². The molecule has 0 fully saturated rings. The Morgan fingerprint density at radius 1 is 1.04 bits per heavy atom. The molecule has 0 aliphatic heterocycles. The van der Waals surface area contributed by atoms with Crippen molar-refractivity contribution in [2.75, 3.05) is 5.32 Å². The number of anilines is 2. The van der Waals surface area contributed by atoms with Crippen LogP contribution in [0.5, 0.6) is 0 Å². The number of hydrogen-bond donors (Lipinski definition) is 2. The van der Waals surface area contributed by atoms with Crippen molar-refractivity contribution in [3.8, 4) is 17.1 Å². The first-order valence-electron chi connectivity index (χ1n) is 8.65. The number of nitrogens with zero attached hydrogens (tertiary/aromatic N) is 4. The van der Waals surface area contributed by atoms with Crippen molar-refractivity contribution in [2.45, 2.75) is 6.92 Å². The number of nitrogens with one attached hydrogen (secondary N) is 1. The predicted molar refractivity (Wildman–Crippen MR) is 106 cm³/mol. The fourth-order valence-corrected chi connectivity index (χ4v) is 2.94. The zero-order chi connectivity index (χ0) is 19.5. The number of benzene rings is 2. The molecule has 2 aromatic heterocycles. The molecular weight excluding hydrogens is 354 g/mol. The van der Waals surface area contributed by atoms with Crippen LogP contribution in [-0.4, -0.2) is 30.8 Å². The van der Waals surface area contributed by atoms with Crippen molar-refractivity contribution in [1.82, 2.24) is 19.7 Å². The number of rotatable bonds is 5. The van der Waals surface area contributed by atoms with Crippen LogP contribution in [0, 0.1) is 6.92 Å². The first-order chi connectivity index (χ1) is 13.6. The van der Waals surface area contributed by atoms with E-state index in [-0.39, 0.29) is 5.56 Å². The second-order valence-electron chi connectivity index (χ2n) is 6.19. The van der Waals surface area contributed by atoms with Crippen molar-refractivity contribution in [3.05, 3.63) is 84.2 Å². The van der Waals surface area contributed by atoms with E-state index in [4.69, 9.17) is 5.11 Å². The summed E-state index contributed by atoms with van der Waals surface area (Å²) in [4.78, 5) is 20.0. The third kappa shape index (κ3) is 3.45. The highest BCUT2D eigenvalue weighted by Crippen LogP contribution is 2.23. The SMILES string of the molecule is Cc1cc(Nc2nccc(-c3ccnn3-c3ccccc3)n2)ccc1C(=O)O. The van der Waals surface area contributed by atoms with E-state index in [9.17, 15) is 4.79 Å². The van der Waals surface area contributed by atoms with Crippen LogP contribution in [0.4, 0.5) is 11.6 Å². The van der Waals surface area contributed by atoms with Crippen LogP contribution in [-0.2, 0) is 0 Å². The van der Waals surface area contributed by atoms with Crippen molar-refractivity contribution < 1.29 is 9.90 Å². The highest BCUT2D eigenvalue weighted by molar-refractivity contribution is 5.90. The van der Waals surface area contributed by atoms with Gasteiger partial charge in [-0.2, -0.15) is 5.10 Å². The van der Waals surface area contributed by atoms with Gasteiger partial charge in [-0.15, -0.1) is 0 Å². The van der Waals surface area contributed by atoms with Gasteiger partial charge in [0.05, 0.1) is 28.8 Å². The van der Waals surface area contributed by atoms with E-state index >= 15 is 0 Å². The molecule has 7 heteroatoms. The monoisotopic (exact) mass is 371 g/mol. The van der Waals surface area contributed by atoms with Gasteiger partial charge in [0, 0.05) is 11.9 Å². The van der Waals surface area contributed by atoms with E-state index in [0.29, 0.717) is 11.5 Å². The summed E-state index contributed by atoms with van der Waals surface area (Å²) in [5.41, 5.74) is 4.15. The maximum Gasteiger partial charge on any atom is 0.335 e. The maximum absolute atomic E-state index is 11.2. The molecule has 138 valence electrons. The third-order valence-electron chi connectivity index (χ3n) is 4.27. The molecule has 0 aliphatic carbocycles. The molecule has 0 radical (unpaired) electrons. The van der Waals surface area contributed by atoms with E-state index in [2.05, 4.69) is 20.4 Å². The lowest BCUT2D eigenvalue weighted by atomic mass is 10.1. The average molecular weight is 371 g/mol. The van der Waals surface area contributed by atoms with Crippen molar-refractivity contribution >= 4 is 17.6 Å². The number of carboxylic acids is 1. The van der Waals surface area contributed by atoms with Gasteiger partial charge in [0.25, 0.3) is 0 Å². The summed E-state index contributed by atoms with van der Waals surface area (Å²) < 4.78 is 1.82. The van der Waals surface area contributed by atoms with E-state index in [1.165, 1.54) is 0 Å². The Morgan fingerprint density at radius 2 is 1.86 bits per heavy atom. The van der Waals surface area contributed by atoms with E-state index < -0.39 is 5.97 Å². The standard InChI is InChI=1S/C21H17N5O2/c1-14-13-15(7-8-17(14)20(27)28)24-21-22-11-9-18(25-21)19-10-12-23-26(19)16-5-3-2-4-6-16/h2-13H,1H3,(H,27,28)(H,22,24,25). The molecule has 0 spiro atoms. The summed E-state index contributed by atoms with van der Waals surface area (Å²) in [5.74, 6) is -0.530. The van der Waals surface area contributed by atoms with Crippen LogP contribution in [0.15, 0.2) is 73.1 Å². The zero-order valence-corrected chi connectivity index (χ0v) is 15.1. The van der Waals surface area contributed by atoms with Crippen LogP contribution in [0.2, 0.25) is 0 Å². The Kier molecular flexibility index (Phi) is 4.55. The molecule has 4 aromatic rings. The summed E-state index contributed by atoms with van der Waals surface area (Å²) in [6.45, 7) is 1.75. The minimum atomic E-state index is -0.948. The van der Waals surface area contributed by atoms with Gasteiger partial charge >= 0.3 is 5.97 Å². The average Bonchev–Trinajstić information content (AvgIpc) is 3.19. The number of hydrogen-bond acceptors (Lipinski definition) is 5. The number of carboxylic acid groups (broad SMARTS) is 1. The molecule has 2 N–H and O–H groups in total. The quantitative estimate of drug-likeness (QED) is 0.549. The Labute approximate surface area is 161 Å². The molecule has 0 aliphatic rings. The lowest BCUT2D eigenvalue weighted by Crippen LogP contribution is -2.03. The van der Waals surface area contributed by atoms with Crippen LogP contribution in [0.1, 0.15) is 15.9 Å². The molecule has 0 atom stereocenters. The van der Waals surface area contributed by atoms with E-state index in [0.717, 1.165) is 22.8 Å². The molecule has 4 rings (SSSR count). The number of aryl methyl sites for hydroxylation is 1. The lowest BCUT2D eigenvalue weighted by molar-refractivity contribution is 0.0696. The van der Waals surface area contributed by atoms with Crippen LogP contribution in [0.25, 0.3) is 17.1 Å². The van der Waals surface area contributed by atoms with E-state index in [1.807, 2.05) is 47.1 Å². The Bertz CT molecular complexity index is 1140. The van der Waals surface area contributed by atoms with Gasteiger partial charge in [0.15, 0.2) is 0 Å². The first kappa shape index (κ1) is 17.4. The second-order valence-corrected chi connectivity index (χ2v) is 6.19. The second kappa shape index (κ2) is 7.32. The first-order valence-corrected chi connectivity index (χ1v) is 8.65. The van der Waals surface area contributed by atoms with Gasteiger partial charge in [-0.25, -0.2) is 19.4 Å². The van der Waals surface area contributed by atoms with Crippen molar-refractivity contribution in [3.63, 3.8) is 0 Å². The fraction of sp³-hybridized carbons (Fsp3) is 0.0476. The number of aromatic nitrogens is 4. The zero-order valence-electron chi connectivity index (χ0n) is 15.1. The number of aromatic carboxylic acids is 1. The molecule has 0 saturated carbocycles. The normalized spacial score (nSPS) is 10.6. The van der Waals surface area contributed by atoms with Gasteiger partial charge in [-0.1, -0.05) is 18.2 Å². The number of carbonyl (C=O) groups is 1. The Morgan fingerprint density at radius 3 is 2.61 bits per heavy atom. The molecule has 0 unspecified atom stereocenters. The largest absolute Gasteiger partial charge is 0.478 e. The maximum atomic E-state index is 11.2. The summed E-state index contributed by atoms with van der Waals surface area (Å²) in [7, 11) is 0. The molecule has 28 heavy (non-hydrogen) atoms. The Hall–Kier alpha value is -4.00. The van der Waals surface area contributed by atoms with Gasteiger partial charge in [-0.3, -0.25) is 0 Å². The molecular formula is C21H17N5O2. The van der Waals surface area contributed by atoms with Crippen molar-refractivity contribution in [1.29, 1.82) is 0 Å². The minimum Gasteiger partial charge on any atom is -0.478 e. The molecule has 0 bridgehead atoms. The van der Waals surface area contributed by atoms with E-state index in [1.54, 1.807) is 37.5 Å². The van der Waals surface area contributed by atoms with Gasteiger partial charge in [-0.05, 0) is 55.0 Å². The minimum absolute atomic E-state index is 0.270. The van der Waals surface area contributed by atoms with Crippen LogP contribution in [0.3, 0.4) is 0 Å². The molecule has 2 heterocycles. The van der Waals surface area contributed by atoms with Gasteiger partial charge in [0.1, 0.15) is 0 Å². The highest BCUT2D eigenvalue weighted by atomic mass is 16.4. The summed E-state index contributed by atoms with van der Waals surface area (Å²) in [6, 6.07) is 18.5. The van der Waals surface area contributed by atoms with Gasteiger partial charge < -0.3 is 10.4 Å².